The number of methoxy groups -OCH3 is 1. The molecule has 2 aliphatic heterocycles. The number of nitrogens with zero attached hydrogens (tertiary/aromatic N) is 4. The minimum absolute atomic E-state index is 0.630. The van der Waals surface area contributed by atoms with Crippen molar-refractivity contribution in [3.05, 3.63) is 84.3 Å². The summed E-state index contributed by atoms with van der Waals surface area (Å²) in [6.07, 6.45) is 5.25. The van der Waals surface area contributed by atoms with Gasteiger partial charge in [0.2, 0.25) is 0 Å². The zero-order chi connectivity index (χ0) is 25.7. The second kappa shape index (κ2) is 11.5. The van der Waals surface area contributed by atoms with Crippen LogP contribution in [0.5, 0.6) is 5.75 Å². The van der Waals surface area contributed by atoms with E-state index in [9.17, 15) is 0 Å². The maximum absolute atomic E-state index is 5.63. The molecule has 0 aliphatic carbocycles. The fourth-order valence-electron chi connectivity index (χ4n) is 5.76. The normalized spacial score (nSPS) is 17.1. The molecule has 6 nitrogen and oxygen atoms in total. The number of hydrogen-bond donors (Lipinski definition) is 0. The van der Waals surface area contributed by atoms with Gasteiger partial charge < -0.3 is 14.4 Å². The number of rotatable bonds is 7. The zero-order valence-electron chi connectivity index (χ0n) is 22.2. The Morgan fingerprint density at radius 2 is 1.74 bits per heavy atom. The molecular formula is C32H36N4O2. The van der Waals surface area contributed by atoms with E-state index >= 15 is 0 Å². The van der Waals surface area contributed by atoms with Crippen LogP contribution in [0.4, 0.5) is 5.69 Å². The Labute approximate surface area is 225 Å². The molecule has 1 aromatic heterocycles. The fourth-order valence-corrected chi connectivity index (χ4v) is 5.76. The lowest BCUT2D eigenvalue weighted by Gasteiger charge is -2.31. The number of anilines is 1. The molecule has 0 radical (unpaired) electrons. The maximum atomic E-state index is 5.63. The third-order valence-corrected chi connectivity index (χ3v) is 7.92. The van der Waals surface area contributed by atoms with Crippen molar-refractivity contribution >= 4 is 16.5 Å². The van der Waals surface area contributed by atoms with Gasteiger partial charge in [0.25, 0.3) is 0 Å². The van der Waals surface area contributed by atoms with Crippen LogP contribution in [0.2, 0.25) is 0 Å². The minimum Gasteiger partial charge on any atom is -0.497 e. The van der Waals surface area contributed by atoms with Gasteiger partial charge in [-0.1, -0.05) is 36.4 Å². The molecule has 0 amide bonds. The van der Waals surface area contributed by atoms with E-state index in [-0.39, 0.29) is 0 Å². The van der Waals surface area contributed by atoms with Crippen LogP contribution in [0, 0.1) is 5.92 Å². The molecule has 6 heteroatoms. The highest BCUT2D eigenvalue weighted by Gasteiger charge is 2.21. The summed E-state index contributed by atoms with van der Waals surface area (Å²) in [4.78, 5) is 14.7. The van der Waals surface area contributed by atoms with E-state index in [1.54, 1.807) is 7.11 Å². The first-order valence-corrected chi connectivity index (χ1v) is 13.8. The molecule has 0 atom stereocenters. The fraction of sp³-hybridized carbons (Fsp3) is 0.375. The molecule has 2 aliphatic rings. The first-order valence-electron chi connectivity index (χ1n) is 13.8. The van der Waals surface area contributed by atoms with Crippen LogP contribution >= 0.6 is 0 Å². The molecule has 0 unspecified atom stereocenters. The maximum Gasteiger partial charge on any atom is 0.129 e. The van der Waals surface area contributed by atoms with Crippen molar-refractivity contribution in [3.8, 4) is 17.0 Å². The van der Waals surface area contributed by atoms with Crippen LogP contribution in [0.1, 0.15) is 24.2 Å². The standard InChI is InChI=1S/C32H36N4O2/c1-37-28-8-7-26-20-27(21-31(29(26)22-28)36-15-17-38-18-16-36)30-9-12-33-32(34-30)19-24-10-13-35(14-11-24)23-25-5-3-2-4-6-25/h2-9,12,20-22,24H,10-11,13-19,23H2,1H3. The molecule has 38 heavy (non-hydrogen) atoms. The predicted octanol–water partition coefficient (Wildman–Crippen LogP) is 5.60. The quantitative estimate of drug-likeness (QED) is 0.324. The molecule has 0 saturated carbocycles. The Balaban J connectivity index is 1.20. The van der Waals surface area contributed by atoms with Crippen LogP contribution in [0.15, 0.2) is 72.9 Å². The first kappa shape index (κ1) is 24.8. The van der Waals surface area contributed by atoms with Crippen LogP contribution in [-0.2, 0) is 17.7 Å². The Hall–Kier alpha value is -3.48. The number of fused-ring (bicyclic) bond motifs is 1. The van der Waals surface area contributed by atoms with Crippen LogP contribution < -0.4 is 9.64 Å². The number of ether oxygens (including phenoxy) is 2. The van der Waals surface area contributed by atoms with Gasteiger partial charge in [-0.15, -0.1) is 0 Å². The lowest BCUT2D eigenvalue weighted by molar-refractivity contribution is 0.123. The van der Waals surface area contributed by atoms with E-state index in [0.717, 1.165) is 75.2 Å². The van der Waals surface area contributed by atoms with Crippen molar-refractivity contribution in [2.24, 2.45) is 5.92 Å². The Bertz CT molecular complexity index is 1360. The van der Waals surface area contributed by atoms with Gasteiger partial charge in [-0.25, -0.2) is 9.97 Å². The summed E-state index contributed by atoms with van der Waals surface area (Å²) < 4.78 is 11.2. The molecule has 3 heterocycles. The third kappa shape index (κ3) is 5.66. The van der Waals surface area contributed by atoms with Gasteiger partial charge in [-0.2, -0.15) is 0 Å². The van der Waals surface area contributed by atoms with Gasteiger partial charge in [0, 0.05) is 48.9 Å². The molecule has 0 spiro atoms. The van der Waals surface area contributed by atoms with Gasteiger partial charge >= 0.3 is 0 Å². The average Bonchev–Trinajstić information content (AvgIpc) is 2.98. The number of likely N-dealkylation sites (tertiary alicyclic amines) is 1. The minimum atomic E-state index is 0.630. The Kier molecular flexibility index (Phi) is 7.52. The van der Waals surface area contributed by atoms with Crippen molar-refractivity contribution in [1.82, 2.24) is 14.9 Å². The van der Waals surface area contributed by atoms with Crippen molar-refractivity contribution < 1.29 is 9.47 Å². The second-order valence-corrected chi connectivity index (χ2v) is 10.4. The molecule has 0 bridgehead atoms. The third-order valence-electron chi connectivity index (χ3n) is 7.92. The van der Waals surface area contributed by atoms with E-state index in [0.29, 0.717) is 5.92 Å². The topological polar surface area (TPSA) is 50.7 Å². The summed E-state index contributed by atoms with van der Waals surface area (Å²) in [6, 6.07) is 23.7. The van der Waals surface area contributed by atoms with Crippen LogP contribution in [0.3, 0.4) is 0 Å². The van der Waals surface area contributed by atoms with Gasteiger partial charge in [0.05, 0.1) is 26.0 Å². The Morgan fingerprint density at radius 3 is 2.53 bits per heavy atom. The highest BCUT2D eigenvalue weighted by Crippen LogP contribution is 2.35. The van der Waals surface area contributed by atoms with Gasteiger partial charge in [-0.3, -0.25) is 4.90 Å². The van der Waals surface area contributed by atoms with Crippen LogP contribution in [-0.4, -0.2) is 61.4 Å². The van der Waals surface area contributed by atoms with Gasteiger partial charge in [0.1, 0.15) is 11.6 Å². The van der Waals surface area contributed by atoms with E-state index in [4.69, 9.17) is 14.5 Å². The highest BCUT2D eigenvalue weighted by atomic mass is 16.5. The SMILES string of the molecule is COc1ccc2cc(-c3ccnc(CC4CCN(Cc5ccccc5)CC4)n3)cc(N3CCOCC3)c2c1. The summed E-state index contributed by atoms with van der Waals surface area (Å²) >= 11 is 0. The van der Waals surface area contributed by atoms with Gasteiger partial charge in [-0.05, 0) is 73.1 Å². The zero-order valence-corrected chi connectivity index (χ0v) is 22.2. The van der Waals surface area contributed by atoms with Crippen LogP contribution in [0.25, 0.3) is 22.0 Å². The van der Waals surface area contributed by atoms with E-state index in [1.165, 1.54) is 34.9 Å². The van der Waals surface area contributed by atoms with E-state index < -0.39 is 0 Å². The molecule has 6 rings (SSSR count). The Morgan fingerprint density at radius 1 is 0.921 bits per heavy atom. The summed E-state index contributed by atoms with van der Waals surface area (Å²) in [5.41, 5.74) is 4.73. The summed E-state index contributed by atoms with van der Waals surface area (Å²) in [7, 11) is 1.72. The van der Waals surface area contributed by atoms with Crippen molar-refractivity contribution in [2.45, 2.75) is 25.8 Å². The summed E-state index contributed by atoms with van der Waals surface area (Å²) in [5, 5.41) is 2.39. The number of benzene rings is 3. The number of aromatic nitrogens is 2. The van der Waals surface area contributed by atoms with E-state index in [2.05, 4.69) is 69.4 Å². The summed E-state index contributed by atoms with van der Waals surface area (Å²) in [5.74, 6) is 2.45. The average molecular weight is 509 g/mol. The van der Waals surface area contributed by atoms with Gasteiger partial charge in [0.15, 0.2) is 0 Å². The van der Waals surface area contributed by atoms with Crippen molar-refractivity contribution in [2.75, 3.05) is 51.4 Å². The lowest BCUT2D eigenvalue weighted by atomic mass is 9.93. The number of piperidine rings is 1. The molecule has 4 aromatic rings. The predicted molar refractivity (Wildman–Crippen MR) is 153 cm³/mol. The molecule has 2 saturated heterocycles. The first-order chi connectivity index (χ1) is 18.7. The molecule has 0 N–H and O–H groups in total. The number of hydrogen-bond acceptors (Lipinski definition) is 6. The largest absolute Gasteiger partial charge is 0.497 e. The molecule has 196 valence electrons. The molecular weight excluding hydrogens is 472 g/mol. The second-order valence-electron chi connectivity index (χ2n) is 10.4. The summed E-state index contributed by atoms with van der Waals surface area (Å²) in [6.45, 7) is 6.57. The van der Waals surface area contributed by atoms with Crippen molar-refractivity contribution in [1.29, 1.82) is 0 Å². The molecule has 3 aromatic carbocycles. The van der Waals surface area contributed by atoms with Crippen molar-refractivity contribution in [3.63, 3.8) is 0 Å². The van der Waals surface area contributed by atoms with E-state index in [1.807, 2.05) is 18.3 Å². The lowest BCUT2D eigenvalue weighted by Crippen LogP contribution is -2.36. The highest BCUT2D eigenvalue weighted by molar-refractivity contribution is 5.98. The molecule has 2 fully saturated rings. The number of morpholine rings is 1. The monoisotopic (exact) mass is 508 g/mol. The smallest absolute Gasteiger partial charge is 0.129 e.